The van der Waals surface area contributed by atoms with Crippen molar-refractivity contribution in [3.63, 3.8) is 0 Å². The van der Waals surface area contributed by atoms with Crippen molar-refractivity contribution in [1.82, 2.24) is 9.80 Å². The molecule has 1 N–H and O–H groups in total. The van der Waals surface area contributed by atoms with Crippen LogP contribution in [0.2, 0.25) is 0 Å². The minimum Gasteiger partial charge on any atom is -0.339 e. The average Bonchev–Trinajstić information content (AvgIpc) is 3.21. The summed E-state index contributed by atoms with van der Waals surface area (Å²) >= 11 is 0. The summed E-state index contributed by atoms with van der Waals surface area (Å²) in [7, 11) is 2.03. The van der Waals surface area contributed by atoms with E-state index in [9.17, 15) is 19.2 Å². The van der Waals surface area contributed by atoms with Crippen LogP contribution in [0.1, 0.15) is 43.8 Å². The fraction of sp³-hybridized carbons (Fsp3) is 0.282. The maximum atomic E-state index is 13.9. The number of rotatable bonds is 6. The highest BCUT2D eigenvalue weighted by Crippen LogP contribution is 2.34. The van der Waals surface area contributed by atoms with Crippen molar-refractivity contribution in [3.8, 4) is 11.1 Å². The number of hydrogen-bond acceptors (Lipinski definition) is 5. The number of para-hydroxylation sites is 2. The molecule has 4 aromatic rings. The summed E-state index contributed by atoms with van der Waals surface area (Å²) in [4.78, 5) is 61.1. The molecule has 246 valence electrons. The summed E-state index contributed by atoms with van der Waals surface area (Å²) in [5.41, 5.74) is 7.97. The van der Waals surface area contributed by atoms with Gasteiger partial charge < -0.3 is 24.9 Å². The van der Waals surface area contributed by atoms with Gasteiger partial charge in [0.05, 0.1) is 11.4 Å². The fourth-order valence-corrected chi connectivity index (χ4v) is 6.75. The summed E-state index contributed by atoms with van der Waals surface area (Å²) in [5, 5.41) is 3.00. The number of nitrogens with zero attached hydrogens (tertiary/aromatic N) is 4. The average molecular weight is 644 g/mol. The lowest BCUT2D eigenvalue weighted by molar-refractivity contribution is -0.132. The summed E-state index contributed by atoms with van der Waals surface area (Å²) in [6, 6.07) is 25.8. The van der Waals surface area contributed by atoms with Gasteiger partial charge in [0, 0.05) is 56.0 Å². The highest BCUT2D eigenvalue weighted by atomic mass is 16.2. The molecule has 4 aromatic carbocycles. The van der Waals surface area contributed by atoms with Crippen molar-refractivity contribution in [2.24, 2.45) is 0 Å². The lowest BCUT2D eigenvalue weighted by Gasteiger charge is -2.34. The molecule has 0 spiro atoms. The largest absolute Gasteiger partial charge is 0.339 e. The van der Waals surface area contributed by atoms with Gasteiger partial charge in [-0.1, -0.05) is 48.0 Å². The number of carbonyl (C=O) groups excluding carboxylic acids is 4. The first-order valence-corrected chi connectivity index (χ1v) is 16.4. The molecule has 0 unspecified atom stereocenters. The van der Waals surface area contributed by atoms with Crippen molar-refractivity contribution < 1.29 is 19.2 Å². The highest BCUT2D eigenvalue weighted by Gasteiger charge is 2.32. The Morgan fingerprint density at radius 1 is 0.750 bits per heavy atom. The molecule has 6 rings (SSSR count). The molecule has 9 heteroatoms. The molecule has 0 saturated carbocycles. The van der Waals surface area contributed by atoms with Gasteiger partial charge in [-0.15, -0.1) is 0 Å². The molecule has 2 aliphatic heterocycles. The smallest absolute Gasteiger partial charge is 0.258 e. The molecule has 0 aliphatic carbocycles. The molecule has 1 saturated heterocycles. The molecule has 48 heavy (non-hydrogen) atoms. The van der Waals surface area contributed by atoms with E-state index in [1.807, 2.05) is 49.5 Å². The van der Waals surface area contributed by atoms with Crippen LogP contribution in [-0.2, 0) is 9.59 Å². The van der Waals surface area contributed by atoms with E-state index < -0.39 is 0 Å². The Morgan fingerprint density at radius 3 is 2.06 bits per heavy atom. The number of anilines is 3. The first kappa shape index (κ1) is 32.7. The molecular weight excluding hydrogens is 602 g/mol. The van der Waals surface area contributed by atoms with E-state index in [-0.39, 0.29) is 43.1 Å². The fourth-order valence-electron chi connectivity index (χ4n) is 6.75. The topological polar surface area (TPSA) is 93.3 Å². The molecule has 1 fully saturated rings. The molecule has 0 bridgehead atoms. The zero-order valence-electron chi connectivity index (χ0n) is 28.0. The van der Waals surface area contributed by atoms with Gasteiger partial charge in [-0.3, -0.25) is 19.2 Å². The van der Waals surface area contributed by atoms with Crippen LogP contribution in [0.5, 0.6) is 0 Å². The Hall–Kier alpha value is -5.28. The normalized spacial score (nSPS) is 15.2. The minimum absolute atomic E-state index is 0.0673. The summed E-state index contributed by atoms with van der Waals surface area (Å²) in [6.45, 7) is 9.13. The third-order valence-corrected chi connectivity index (χ3v) is 9.22. The zero-order valence-corrected chi connectivity index (χ0v) is 28.0. The molecule has 2 heterocycles. The van der Waals surface area contributed by atoms with E-state index in [4.69, 9.17) is 0 Å². The number of hydrogen-bond donors (Lipinski definition) is 1. The lowest BCUT2D eigenvalue weighted by Crippen LogP contribution is -2.50. The van der Waals surface area contributed by atoms with E-state index in [0.29, 0.717) is 41.3 Å². The second-order valence-corrected chi connectivity index (χ2v) is 12.7. The summed E-state index contributed by atoms with van der Waals surface area (Å²) in [5.74, 6) is -0.809. The van der Waals surface area contributed by atoms with Crippen LogP contribution in [0, 0.1) is 20.8 Å². The van der Waals surface area contributed by atoms with Gasteiger partial charge in [-0.25, -0.2) is 0 Å². The van der Waals surface area contributed by atoms with E-state index in [1.54, 1.807) is 40.1 Å². The number of carbonyl (C=O) groups is 4. The van der Waals surface area contributed by atoms with Gasteiger partial charge in [-0.05, 0) is 92.5 Å². The van der Waals surface area contributed by atoms with Gasteiger partial charge in [0.2, 0.25) is 11.8 Å². The van der Waals surface area contributed by atoms with E-state index in [0.717, 1.165) is 35.3 Å². The Morgan fingerprint density at radius 2 is 1.38 bits per heavy atom. The maximum absolute atomic E-state index is 13.9. The van der Waals surface area contributed by atoms with Gasteiger partial charge in [0.25, 0.3) is 11.8 Å². The Labute approximate surface area is 281 Å². The monoisotopic (exact) mass is 643 g/mol. The van der Waals surface area contributed by atoms with Crippen molar-refractivity contribution in [2.45, 2.75) is 27.2 Å². The number of piperazine rings is 1. The number of aryl methyl sites for hydroxylation is 3. The molecule has 9 nitrogen and oxygen atoms in total. The van der Waals surface area contributed by atoms with E-state index >= 15 is 0 Å². The van der Waals surface area contributed by atoms with Crippen molar-refractivity contribution in [2.75, 3.05) is 61.4 Å². The van der Waals surface area contributed by atoms with Gasteiger partial charge in [0.15, 0.2) is 0 Å². The summed E-state index contributed by atoms with van der Waals surface area (Å²) < 4.78 is 0. The Bertz CT molecular complexity index is 1850. The third kappa shape index (κ3) is 6.73. The first-order chi connectivity index (χ1) is 23.1. The number of fused-ring (bicyclic) bond motifs is 1. The van der Waals surface area contributed by atoms with Crippen LogP contribution < -0.4 is 15.1 Å². The number of likely N-dealkylation sites (N-methyl/N-ethyl adjacent to an activating group) is 1. The number of nitrogens with one attached hydrogen (secondary N) is 1. The van der Waals surface area contributed by atoms with Crippen LogP contribution >= 0.6 is 0 Å². The van der Waals surface area contributed by atoms with Gasteiger partial charge in [0.1, 0.15) is 6.54 Å². The SMILES string of the molecule is Cc1cc(C)c(-c2ccccc2C(=O)Nc2ccc(C(=O)N3CCC(=O)N(CC(=O)N4CCN(C)CC4)c4ccccc43)cc2)c(C)c1. The number of benzene rings is 4. The molecule has 0 aromatic heterocycles. The van der Waals surface area contributed by atoms with E-state index in [2.05, 4.69) is 43.1 Å². The van der Waals surface area contributed by atoms with Crippen molar-refractivity contribution >= 4 is 40.7 Å². The van der Waals surface area contributed by atoms with Crippen LogP contribution in [0.4, 0.5) is 17.1 Å². The molecule has 0 atom stereocenters. The minimum atomic E-state index is -0.268. The molecule has 2 aliphatic rings. The third-order valence-electron chi connectivity index (χ3n) is 9.22. The lowest BCUT2D eigenvalue weighted by atomic mass is 9.90. The van der Waals surface area contributed by atoms with Crippen molar-refractivity contribution in [3.05, 3.63) is 113 Å². The standard InChI is InChI=1S/C39H41N5O4/c1-26-23-27(2)37(28(3)24-26)31-9-5-6-10-32(31)38(47)40-30-15-13-29(14-16-30)39(48)43-18-17-35(45)44(34-12-8-7-11-33(34)43)25-36(46)42-21-19-41(4)20-22-42/h5-16,23-24H,17-22,25H2,1-4H3,(H,40,47). The number of amides is 4. The Kier molecular flexibility index (Phi) is 9.41. The second kappa shape index (κ2) is 13.8. The predicted molar refractivity (Wildman–Crippen MR) is 190 cm³/mol. The Balaban J connectivity index is 1.19. The maximum Gasteiger partial charge on any atom is 0.258 e. The van der Waals surface area contributed by atoms with Crippen LogP contribution in [0.3, 0.4) is 0 Å². The zero-order chi connectivity index (χ0) is 33.9. The quantitative estimate of drug-likeness (QED) is 0.292. The van der Waals surface area contributed by atoms with Gasteiger partial charge in [-0.2, -0.15) is 0 Å². The second-order valence-electron chi connectivity index (χ2n) is 12.7. The molecule has 0 radical (unpaired) electrons. The van der Waals surface area contributed by atoms with Crippen molar-refractivity contribution in [1.29, 1.82) is 0 Å². The predicted octanol–water partition coefficient (Wildman–Crippen LogP) is 5.69. The first-order valence-electron chi connectivity index (χ1n) is 16.4. The van der Waals surface area contributed by atoms with E-state index in [1.165, 1.54) is 10.5 Å². The van der Waals surface area contributed by atoms with Crippen LogP contribution in [0.25, 0.3) is 11.1 Å². The summed E-state index contributed by atoms with van der Waals surface area (Å²) in [6.07, 6.45) is 0.0872. The molecule has 4 amide bonds. The molecular formula is C39H41N5O4. The highest BCUT2D eigenvalue weighted by molar-refractivity contribution is 6.13. The van der Waals surface area contributed by atoms with Crippen LogP contribution in [-0.4, -0.2) is 79.7 Å². The van der Waals surface area contributed by atoms with Gasteiger partial charge >= 0.3 is 0 Å². The van der Waals surface area contributed by atoms with Crippen LogP contribution in [0.15, 0.2) is 84.9 Å².